The maximum atomic E-state index is 12.1. The van der Waals surface area contributed by atoms with E-state index in [1.807, 2.05) is 0 Å². The Kier molecular flexibility index (Phi) is 5.31. The highest BCUT2D eigenvalue weighted by molar-refractivity contribution is 5.85. The van der Waals surface area contributed by atoms with Gasteiger partial charge in [-0.05, 0) is 20.3 Å². The molecule has 2 amide bonds. The Morgan fingerprint density at radius 1 is 1.16 bits per heavy atom. The Labute approximate surface area is 115 Å². The van der Waals surface area contributed by atoms with Gasteiger partial charge in [0.1, 0.15) is 0 Å². The molecule has 0 saturated carbocycles. The lowest BCUT2D eigenvalue weighted by Gasteiger charge is -2.28. The van der Waals surface area contributed by atoms with Crippen molar-refractivity contribution in [2.24, 2.45) is 5.73 Å². The van der Waals surface area contributed by atoms with E-state index < -0.39 is 5.54 Å². The Hall–Kier alpha value is -1.14. The summed E-state index contributed by atoms with van der Waals surface area (Å²) in [6.07, 6.45) is 0.878. The highest BCUT2D eigenvalue weighted by atomic mass is 16.2. The Balaban J connectivity index is 2.52. The average molecular weight is 270 g/mol. The second kappa shape index (κ2) is 6.34. The Morgan fingerprint density at radius 3 is 2.32 bits per heavy atom. The summed E-state index contributed by atoms with van der Waals surface area (Å²) in [6.45, 7) is 6.80. The SMILES string of the molecule is CN(C)C(=O)CN1CCCN(C(=O)C(C)(C)N)CC1. The fraction of sp³-hybridized carbons (Fsp3) is 0.846. The van der Waals surface area contributed by atoms with E-state index >= 15 is 0 Å². The smallest absolute Gasteiger partial charge is 0.242 e. The van der Waals surface area contributed by atoms with Gasteiger partial charge in [-0.2, -0.15) is 0 Å². The number of carbonyl (C=O) groups is 2. The third-order valence-electron chi connectivity index (χ3n) is 3.28. The summed E-state index contributed by atoms with van der Waals surface area (Å²) < 4.78 is 0. The first-order chi connectivity index (χ1) is 8.71. The largest absolute Gasteiger partial charge is 0.348 e. The van der Waals surface area contributed by atoms with Crippen LogP contribution >= 0.6 is 0 Å². The molecule has 0 bridgehead atoms. The van der Waals surface area contributed by atoms with Crippen LogP contribution in [-0.4, -0.2) is 78.9 Å². The van der Waals surface area contributed by atoms with E-state index in [0.717, 1.165) is 19.5 Å². The van der Waals surface area contributed by atoms with E-state index in [-0.39, 0.29) is 11.8 Å². The summed E-state index contributed by atoms with van der Waals surface area (Å²) in [5.41, 5.74) is 5.03. The zero-order valence-electron chi connectivity index (χ0n) is 12.5. The Morgan fingerprint density at radius 2 is 1.79 bits per heavy atom. The summed E-state index contributed by atoms with van der Waals surface area (Å²) in [7, 11) is 3.51. The topological polar surface area (TPSA) is 69.9 Å². The molecule has 1 heterocycles. The Bertz CT molecular complexity index is 336. The predicted molar refractivity (Wildman–Crippen MR) is 74.6 cm³/mol. The molecule has 0 aromatic heterocycles. The van der Waals surface area contributed by atoms with Gasteiger partial charge in [-0.15, -0.1) is 0 Å². The van der Waals surface area contributed by atoms with Gasteiger partial charge in [-0.3, -0.25) is 14.5 Å². The van der Waals surface area contributed by atoms with Gasteiger partial charge < -0.3 is 15.5 Å². The van der Waals surface area contributed by atoms with Crippen molar-refractivity contribution in [1.29, 1.82) is 0 Å². The molecule has 0 aromatic carbocycles. The molecule has 0 aliphatic carbocycles. The molecule has 110 valence electrons. The highest BCUT2D eigenvalue weighted by Crippen LogP contribution is 2.09. The second-order valence-corrected chi connectivity index (χ2v) is 5.93. The monoisotopic (exact) mass is 270 g/mol. The lowest BCUT2D eigenvalue weighted by Crippen LogP contribution is -2.52. The molecule has 0 aromatic rings. The van der Waals surface area contributed by atoms with Crippen LogP contribution in [0.25, 0.3) is 0 Å². The number of hydrogen-bond acceptors (Lipinski definition) is 4. The van der Waals surface area contributed by atoms with Crippen molar-refractivity contribution >= 4 is 11.8 Å². The molecule has 1 aliphatic heterocycles. The van der Waals surface area contributed by atoms with Crippen molar-refractivity contribution < 1.29 is 9.59 Å². The quantitative estimate of drug-likeness (QED) is 0.739. The minimum Gasteiger partial charge on any atom is -0.348 e. The van der Waals surface area contributed by atoms with E-state index in [0.29, 0.717) is 19.6 Å². The molecule has 0 spiro atoms. The van der Waals surface area contributed by atoms with Gasteiger partial charge in [0.05, 0.1) is 12.1 Å². The van der Waals surface area contributed by atoms with E-state index in [4.69, 9.17) is 5.73 Å². The van der Waals surface area contributed by atoms with Gasteiger partial charge in [-0.1, -0.05) is 0 Å². The maximum Gasteiger partial charge on any atom is 0.242 e. The molecule has 0 unspecified atom stereocenters. The van der Waals surface area contributed by atoms with E-state index in [2.05, 4.69) is 4.90 Å². The maximum absolute atomic E-state index is 12.1. The molecule has 19 heavy (non-hydrogen) atoms. The molecule has 2 N–H and O–H groups in total. The second-order valence-electron chi connectivity index (χ2n) is 5.93. The van der Waals surface area contributed by atoms with Crippen molar-refractivity contribution in [3.05, 3.63) is 0 Å². The van der Waals surface area contributed by atoms with Crippen LogP contribution in [0.3, 0.4) is 0 Å². The normalized spacial score (nSPS) is 18.1. The fourth-order valence-corrected chi connectivity index (χ4v) is 2.07. The molecule has 1 saturated heterocycles. The summed E-state index contributed by atoms with van der Waals surface area (Å²) in [6, 6.07) is 0. The predicted octanol–water partition coefficient (Wildman–Crippen LogP) is -0.654. The molecule has 0 atom stereocenters. The number of likely N-dealkylation sites (N-methyl/N-ethyl adjacent to an activating group) is 1. The minimum atomic E-state index is -0.825. The zero-order valence-corrected chi connectivity index (χ0v) is 12.5. The van der Waals surface area contributed by atoms with Gasteiger partial charge in [0.2, 0.25) is 11.8 Å². The number of amides is 2. The van der Waals surface area contributed by atoms with Crippen molar-refractivity contribution in [2.75, 3.05) is 46.8 Å². The molecule has 1 aliphatic rings. The zero-order chi connectivity index (χ0) is 14.6. The van der Waals surface area contributed by atoms with Gasteiger partial charge in [0.15, 0.2) is 0 Å². The third kappa shape index (κ3) is 4.80. The number of carbonyl (C=O) groups excluding carboxylic acids is 2. The number of hydrogen-bond donors (Lipinski definition) is 1. The van der Waals surface area contributed by atoms with E-state index in [1.54, 1.807) is 37.7 Å². The molecule has 6 nitrogen and oxygen atoms in total. The van der Waals surface area contributed by atoms with E-state index in [9.17, 15) is 9.59 Å². The molecular weight excluding hydrogens is 244 g/mol. The summed E-state index contributed by atoms with van der Waals surface area (Å²) in [5.74, 6) is 0.0761. The van der Waals surface area contributed by atoms with E-state index in [1.165, 1.54) is 0 Å². The van der Waals surface area contributed by atoms with Crippen LogP contribution in [0.4, 0.5) is 0 Å². The lowest BCUT2D eigenvalue weighted by molar-refractivity contribution is -0.135. The summed E-state index contributed by atoms with van der Waals surface area (Å²) >= 11 is 0. The summed E-state index contributed by atoms with van der Waals surface area (Å²) in [5, 5.41) is 0. The van der Waals surface area contributed by atoms with Gasteiger partial charge >= 0.3 is 0 Å². The highest BCUT2D eigenvalue weighted by Gasteiger charge is 2.29. The first-order valence-electron chi connectivity index (χ1n) is 6.72. The lowest BCUT2D eigenvalue weighted by atomic mass is 10.1. The molecule has 6 heteroatoms. The number of nitrogens with two attached hydrogens (primary N) is 1. The van der Waals surface area contributed by atoms with Crippen LogP contribution in [-0.2, 0) is 9.59 Å². The standard InChI is InChI=1S/C13H26N4O2/c1-13(2,14)12(19)17-7-5-6-16(8-9-17)10-11(18)15(3)4/h5-10,14H2,1-4H3. The molecule has 1 fully saturated rings. The number of nitrogens with zero attached hydrogens (tertiary/aromatic N) is 3. The fourth-order valence-electron chi connectivity index (χ4n) is 2.07. The van der Waals surface area contributed by atoms with Crippen LogP contribution in [0.5, 0.6) is 0 Å². The molecule has 1 rings (SSSR count). The van der Waals surface area contributed by atoms with Crippen LogP contribution < -0.4 is 5.73 Å². The third-order valence-corrected chi connectivity index (χ3v) is 3.28. The average Bonchev–Trinajstić information content (AvgIpc) is 2.52. The van der Waals surface area contributed by atoms with Crippen molar-refractivity contribution in [2.45, 2.75) is 25.8 Å². The molecular formula is C13H26N4O2. The van der Waals surface area contributed by atoms with Crippen LogP contribution in [0.2, 0.25) is 0 Å². The first kappa shape index (κ1) is 15.9. The van der Waals surface area contributed by atoms with Crippen LogP contribution in [0.1, 0.15) is 20.3 Å². The first-order valence-corrected chi connectivity index (χ1v) is 6.72. The van der Waals surface area contributed by atoms with Gasteiger partial charge in [0.25, 0.3) is 0 Å². The van der Waals surface area contributed by atoms with Crippen molar-refractivity contribution in [3.63, 3.8) is 0 Å². The molecule has 0 radical (unpaired) electrons. The minimum absolute atomic E-state index is 0.0201. The van der Waals surface area contributed by atoms with Crippen molar-refractivity contribution in [3.8, 4) is 0 Å². The van der Waals surface area contributed by atoms with Crippen LogP contribution in [0.15, 0.2) is 0 Å². The number of rotatable bonds is 3. The summed E-state index contributed by atoms with van der Waals surface area (Å²) in [4.78, 5) is 29.3. The van der Waals surface area contributed by atoms with Crippen molar-refractivity contribution in [1.82, 2.24) is 14.7 Å². The van der Waals surface area contributed by atoms with Gasteiger partial charge in [0, 0.05) is 40.3 Å². The van der Waals surface area contributed by atoms with Gasteiger partial charge in [-0.25, -0.2) is 0 Å². The van der Waals surface area contributed by atoms with Crippen LogP contribution in [0, 0.1) is 0 Å².